The fraction of sp³-hybridized carbons (Fsp3) is 0.467. The first-order valence-corrected chi connectivity index (χ1v) is 14.0. The maximum Gasteiger partial charge on any atom is 0.253 e. The number of nitrogens with zero attached hydrogens (tertiary/aromatic N) is 6. The second-order valence-corrected chi connectivity index (χ2v) is 11.1. The second-order valence-electron chi connectivity index (χ2n) is 11.1. The van der Waals surface area contributed by atoms with Crippen LogP contribution < -0.4 is 10.5 Å². The van der Waals surface area contributed by atoms with Crippen LogP contribution in [0.15, 0.2) is 47.3 Å². The van der Waals surface area contributed by atoms with Gasteiger partial charge in [0.25, 0.3) is 5.56 Å². The number of hydrogen-bond donors (Lipinski definition) is 1. The van der Waals surface area contributed by atoms with Crippen molar-refractivity contribution in [3.63, 3.8) is 0 Å². The Balaban J connectivity index is 1.39. The number of fused-ring (bicyclic) bond motifs is 1. The van der Waals surface area contributed by atoms with Crippen molar-refractivity contribution in [1.82, 2.24) is 30.1 Å². The Labute approximate surface area is 223 Å². The summed E-state index contributed by atoms with van der Waals surface area (Å²) in [6.45, 7) is 9.87. The van der Waals surface area contributed by atoms with Gasteiger partial charge in [-0.2, -0.15) is 0 Å². The van der Waals surface area contributed by atoms with Crippen molar-refractivity contribution in [3.8, 4) is 0 Å². The Morgan fingerprint density at radius 3 is 2.53 bits per heavy atom. The molecular weight excluding hydrogens is 474 g/mol. The van der Waals surface area contributed by atoms with Gasteiger partial charge in [0.15, 0.2) is 5.82 Å². The smallest absolute Gasteiger partial charge is 0.253 e. The lowest BCUT2D eigenvalue weighted by atomic mass is 9.95. The minimum Gasteiger partial charge on any atom is -0.369 e. The molecule has 2 aromatic heterocycles. The molecule has 3 heterocycles. The predicted octanol–water partition coefficient (Wildman–Crippen LogP) is 4.86. The van der Waals surface area contributed by atoms with Crippen molar-refractivity contribution < 1.29 is 0 Å². The molecule has 8 nitrogen and oxygen atoms in total. The SMILES string of the molecule is Cc1ccc2[nH]c(=O)c([C@@H](c3nnnn3C3CCCCC3)N3CCN(c4cccc(C)c4C)CC3)cc2c1. The number of nitrogens with one attached hydrogen (secondary N) is 1. The Hall–Kier alpha value is -3.52. The minimum atomic E-state index is -0.304. The number of pyridine rings is 1. The van der Waals surface area contributed by atoms with Crippen molar-refractivity contribution in [3.05, 3.63) is 80.9 Å². The molecule has 1 N–H and O–H groups in total. The molecule has 1 saturated heterocycles. The third kappa shape index (κ3) is 4.62. The maximum absolute atomic E-state index is 13.6. The van der Waals surface area contributed by atoms with Crippen LogP contribution in [0.1, 0.15) is 72.3 Å². The number of piperazine rings is 1. The summed E-state index contributed by atoms with van der Waals surface area (Å²) >= 11 is 0. The van der Waals surface area contributed by atoms with Crippen LogP contribution in [0.3, 0.4) is 0 Å². The van der Waals surface area contributed by atoms with E-state index in [1.165, 1.54) is 41.6 Å². The van der Waals surface area contributed by atoms with Crippen molar-refractivity contribution in [2.24, 2.45) is 0 Å². The van der Waals surface area contributed by atoms with Crippen LogP contribution >= 0.6 is 0 Å². The quantitative estimate of drug-likeness (QED) is 0.412. The fourth-order valence-electron chi connectivity index (χ4n) is 6.31. The zero-order valence-corrected chi connectivity index (χ0v) is 22.7. The highest BCUT2D eigenvalue weighted by Crippen LogP contribution is 2.34. The van der Waals surface area contributed by atoms with Crippen molar-refractivity contribution in [2.75, 3.05) is 31.1 Å². The highest BCUT2D eigenvalue weighted by Gasteiger charge is 2.34. The molecule has 0 bridgehead atoms. The van der Waals surface area contributed by atoms with E-state index in [2.05, 4.69) is 81.4 Å². The number of benzene rings is 2. The van der Waals surface area contributed by atoms with Gasteiger partial charge in [0, 0.05) is 42.9 Å². The summed E-state index contributed by atoms with van der Waals surface area (Å²) in [5, 5.41) is 14.2. The summed E-state index contributed by atoms with van der Waals surface area (Å²) < 4.78 is 2.03. The summed E-state index contributed by atoms with van der Waals surface area (Å²) in [6, 6.07) is 14.7. The van der Waals surface area contributed by atoms with E-state index in [1.54, 1.807) is 0 Å². The number of tetrazole rings is 1. The molecule has 2 fully saturated rings. The largest absolute Gasteiger partial charge is 0.369 e. The van der Waals surface area contributed by atoms with E-state index in [0.29, 0.717) is 0 Å². The standard InChI is InChI=1S/C30H37N7O/c1-20-12-13-26-23(18-20)19-25(30(38)31-26)28(29-32-33-34-37(29)24-9-5-4-6-10-24)36-16-14-35(15-17-36)27-11-7-8-21(2)22(27)3/h7-8,11-13,18-19,24,28H,4-6,9-10,14-17H2,1-3H3,(H,31,38)/t28-/m0/s1. The molecule has 0 amide bonds. The third-order valence-corrected chi connectivity index (χ3v) is 8.60. The summed E-state index contributed by atoms with van der Waals surface area (Å²) in [6.07, 6.45) is 5.82. The number of aromatic amines is 1. The Bertz CT molecular complexity index is 1490. The van der Waals surface area contributed by atoms with Gasteiger partial charge in [0.05, 0.1) is 6.04 Å². The molecule has 6 rings (SSSR count). The van der Waals surface area contributed by atoms with Crippen molar-refractivity contribution in [1.29, 1.82) is 0 Å². The maximum atomic E-state index is 13.6. The van der Waals surface area contributed by atoms with Gasteiger partial charge in [-0.25, -0.2) is 4.68 Å². The first kappa shape index (κ1) is 24.8. The Kier molecular flexibility index (Phi) is 6.74. The molecule has 1 aliphatic carbocycles. The number of aryl methyl sites for hydroxylation is 2. The average molecular weight is 512 g/mol. The number of anilines is 1. The molecule has 0 radical (unpaired) electrons. The molecule has 1 aliphatic heterocycles. The van der Waals surface area contributed by atoms with Gasteiger partial charge in [-0.3, -0.25) is 9.69 Å². The third-order valence-electron chi connectivity index (χ3n) is 8.60. The van der Waals surface area contributed by atoms with Gasteiger partial charge >= 0.3 is 0 Å². The number of hydrogen-bond acceptors (Lipinski definition) is 6. The lowest BCUT2D eigenvalue weighted by Gasteiger charge is -2.40. The first-order chi connectivity index (χ1) is 18.5. The van der Waals surface area contributed by atoms with E-state index in [1.807, 2.05) is 16.8 Å². The molecule has 4 aromatic rings. The van der Waals surface area contributed by atoms with E-state index >= 15 is 0 Å². The number of rotatable bonds is 5. The molecule has 8 heteroatoms. The molecule has 2 aromatic carbocycles. The molecule has 0 spiro atoms. The van der Waals surface area contributed by atoms with Crippen LogP contribution in [0, 0.1) is 20.8 Å². The predicted molar refractivity (Wildman–Crippen MR) is 151 cm³/mol. The van der Waals surface area contributed by atoms with Crippen LogP contribution in [0.2, 0.25) is 0 Å². The minimum absolute atomic E-state index is 0.0681. The van der Waals surface area contributed by atoms with Crippen LogP contribution in [-0.2, 0) is 0 Å². The van der Waals surface area contributed by atoms with Gasteiger partial charge in [0.1, 0.15) is 6.04 Å². The van der Waals surface area contributed by atoms with E-state index in [0.717, 1.165) is 61.3 Å². The average Bonchev–Trinajstić information content (AvgIpc) is 3.41. The van der Waals surface area contributed by atoms with Crippen molar-refractivity contribution >= 4 is 16.6 Å². The first-order valence-electron chi connectivity index (χ1n) is 14.0. The van der Waals surface area contributed by atoms with Crippen LogP contribution in [0.25, 0.3) is 10.9 Å². The van der Waals surface area contributed by atoms with Gasteiger partial charge in [-0.15, -0.1) is 5.10 Å². The van der Waals surface area contributed by atoms with Crippen LogP contribution in [0.5, 0.6) is 0 Å². The number of H-pyrrole nitrogens is 1. The second kappa shape index (κ2) is 10.3. The van der Waals surface area contributed by atoms with Crippen LogP contribution in [-0.4, -0.2) is 56.3 Å². The Morgan fingerprint density at radius 1 is 0.947 bits per heavy atom. The highest BCUT2D eigenvalue weighted by atomic mass is 16.1. The van der Waals surface area contributed by atoms with Crippen molar-refractivity contribution in [2.45, 2.75) is 65.0 Å². The summed E-state index contributed by atoms with van der Waals surface area (Å²) in [5.41, 5.74) is 6.62. The highest BCUT2D eigenvalue weighted by molar-refractivity contribution is 5.79. The van der Waals surface area contributed by atoms with Crippen LogP contribution in [0.4, 0.5) is 5.69 Å². The van der Waals surface area contributed by atoms with Gasteiger partial charge in [-0.1, -0.05) is 43.0 Å². The summed E-state index contributed by atoms with van der Waals surface area (Å²) in [4.78, 5) is 21.6. The Morgan fingerprint density at radius 2 is 1.74 bits per heavy atom. The molecule has 0 unspecified atom stereocenters. The summed E-state index contributed by atoms with van der Waals surface area (Å²) in [5.74, 6) is 0.787. The normalized spacial score (nSPS) is 18.2. The fourth-order valence-corrected chi connectivity index (χ4v) is 6.31. The molecule has 2 aliphatic rings. The van der Waals surface area contributed by atoms with Gasteiger partial charge in [-0.05, 0) is 84.8 Å². The van der Waals surface area contributed by atoms with Gasteiger partial charge in [0.2, 0.25) is 0 Å². The zero-order chi connectivity index (χ0) is 26.2. The van der Waals surface area contributed by atoms with E-state index in [4.69, 9.17) is 0 Å². The molecule has 38 heavy (non-hydrogen) atoms. The topological polar surface area (TPSA) is 82.9 Å². The lowest BCUT2D eigenvalue weighted by molar-refractivity contribution is 0.192. The van der Waals surface area contributed by atoms with E-state index in [-0.39, 0.29) is 17.6 Å². The number of aromatic nitrogens is 5. The van der Waals surface area contributed by atoms with E-state index in [9.17, 15) is 4.79 Å². The lowest BCUT2D eigenvalue weighted by Crippen LogP contribution is -2.49. The molecule has 1 saturated carbocycles. The molecule has 198 valence electrons. The molecular formula is C30H37N7O. The molecule has 1 atom stereocenters. The monoisotopic (exact) mass is 511 g/mol. The summed E-state index contributed by atoms with van der Waals surface area (Å²) in [7, 11) is 0. The zero-order valence-electron chi connectivity index (χ0n) is 22.7. The van der Waals surface area contributed by atoms with E-state index < -0.39 is 0 Å². The van der Waals surface area contributed by atoms with Gasteiger partial charge < -0.3 is 9.88 Å².